The summed E-state index contributed by atoms with van der Waals surface area (Å²) in [6.45, 7) is 0. The van der Waals surface area contributed by atoms with Crippen LogP contribution in [0, 0.1) is 5.92 Å². The maximum atomic E-state index is 3.46. The molecule has 1 aromatic heterocycles. The molecule has 2 heteroatoms. The first-order valence-corrected chi connectivity index (χ1v) is 7.01. The van der Waals surface area contributed by atoms with Crippen LogP contribution in [0.15, 0.2) is 16.8 Å². The van der Waals surface area contributed by atoms with Gasteiger partial charge in [-0.25, -0.2) is 0 Å². The minimum atomic E-state index is 0.760. The van der Waals surface area contributed by atoms with Crippen molar-refractivity contribution in [2.75, 3.05) is 7.05 Å². The Morgan fingerprint density at radius 1 is 1.40 bits per heavy atom. The van der Waals surface area contributed by atoms with Crippen molar-refractivity contribution in [3.05, 3.63) is 22.4 Å². The van der Waals surface area contributed by atoms with E-state index >= 15 is 0 Å². The van der Waals surface area contributed by atoms with E-state index in [1.165, 1.54) is 38.5 Å². The summed E-state index contributed by atoms with van der Waals surface area (Å²) in [4.78, 5) is 0. The van der Waals surface area contributed by atoms with E-state index in [0.717, 1.165) is 12.0 Å². The zero-order valence-electron chi connectivity index (χ0n) is 9.54. The first-order valence-electron chi connectivity index (χ1n) is 6.07. The van der Waals surface area contributed by atoms with Crippen LogP contribution >= 0.6 is 11.3 Å². The Hall–Kier alpha value is -0.340. The molecule has 1 heterocycles. The number of rotatable bonds is 3. The quantitative estimate of drug-likeness (QED) is 0.774. The summed E-state index contributed by atoms with van der Waals surface area (Å²) in [6.07, 6.45) is 8.29. The fraction of sp³-hybridized carbons (Fsp3) is 0.692. The lowest BCUT2D eigenvalue weighted by molar-refractivity contribution is 0.401. The Bertz CT molecular complexity index is 268. The maximum absolute atomic E-state index is 3.46. The van der Waals surface area contributed by atoms with Crippen LogP contribution in [0.5, 0.6) is 0 Å². The second-order valence-corrected chi connectivity index (χ2v) is 5.49. The molecule has 1 aromatic rings. The Kier molecular flexibility index (Phi) is 4.21. The van der Waals surface area contributed by atoms with E-state index in [1.807, 2.05) is 11.3 Å². The highest BCUT2D eigenvalue weighted by atomic mass is 32.1. The van der Waals surface area contributed by atoms with Crippen LogP contribution in [0.2, 0.25) is 0 Å². The molecule has 0 radical (unpaired) electrons. The largest absolute Gasteiger partial charge is 0.317 e. The van der Waals surface area contributed by atoms with Crippen LogP contribution in [0.25, 0.3) is 0 Å². The average molecular weight is 223 g/mol. The van der Waals surface area contributed by atoms with Gasteiger partial charge in [-0.1, -0.05) is 19.3 Å². The van der Waals surface area contributed by atoms with E-state index in [9.17, 15) is 0 Å². The first-order chi connectivity index (χ1) is 7.38. The van der Waals surface area contributed by atoms with Crippen LogP contribution < -0.4 is 5.32 Å². The van der Waals surface area contributed by atoms with E-state index in [2.05, 4.69) is 29.2 Å². The van der Waals surface area contributed by atoms with E-state index in [1.54, 1.807) is 5.56 Å². The van der Waals surface area contributed by atoms with Gasteiger partial charge in [0, 0.05) is 6.04 Å². The van der Waals surface area contributed by atoms with Crippen LogP contribution in [0.1, 0.15) is 37.7 Å². The molecular formula is C13H21NS. The molecule has 0 spiro atoms. The van der Waals surface area contributed by atoms with Gasteiger partial charge in [0.15, 0.2) is 0 Å². The van der Waals surface area contributed by atoms with Gasteiger partial charge >= 0.3 is 0 Å². The summed E-state index contributed by atoms with van der Waals surface area (Å²) in [7, 11) is 2.11. The molecule has 84 valence electrons. The number of thiophene rings is 1. The van der Waals surface area contributed by atoms with Crippen LogP contribution in [0.3, 0.4) is 0 Å². The molecule has 1 aliphatic rings. The van der Waals surface area contributed by atoms with Gasteiger partial charge in [-0.3, -0.25) is 0 Å². The second kappa shape index (κ2) is 5.66. The van der Waals surface area contributed by atoms with Crippen LogP contribution in [0.4, 0.5) is 0 Å². The van der Waals surface area contributed by atoms with Gasteiger partial charge in [-0.05, 0) is 54.6 Å². The number of hydrogen-bond donors (Lipinski definition) is 1. The van der Waals surface area contributed by atoms with E-state index in [0.29, 0.717) is 0 Å². The Morgan fingerprint density at radius 2 is 2.27 bits per heavy atom. The van der Waals surface area contributed by atoms with Crippen molar-refractivity contribution in [3.63, 3.8) is 0 Å². The van der Waals surface area contributed by atoms with Gasteiger partial charge in [0.25, 0.3) is 0 Å². The molecule has 15 heavy (non-hydrogen) atoms. The van der Waals surface area contributed by atoms with Gasteiger partial charge in [-0.15, -0.1) is 0 Å². The maximum Gasteiger partial charge on any atom is 0.00668 e. The molecule has 0 aromatic carbocycles. The monoisotopic (exact) mass is 223 g/mol. The summed E-state index contributed by atoms with van der Waals surface area (Å²) in [5, 5.41) is 7.96. The fourth-order valence-corrected chi connectivity index (χ4v) is 3.33. The van der Waals surface area contributed by atoms with E-state index < -0.39 is 0 Å². The lowest BCUT2D eigenvalue weighted by Crippen LogP contribution is -2.26. The normalized spacial score (nSPS) is 27.5. The van der Waals surface area contributed by atoms with Crippen LogP contribution in [-0.4, -0.2) is 13.1 Å². The van der Waals surface area contributed by atoms with Gasteiger partial charge in [0.1, 0.15) is 0 Å². The van der Waals surface area contributed by atoms with Crippen molar-refractivity contribution in [3.8, 4) is 0 Å². The topological polar surface area (TPSA) is 12.0 Å². The summed E-state index contributed by atoms with van der Waals surface area (Å²) in [5.41, 5.74) is 1.54. The zero-order valence-corrected chi connectivity index (χ0v) is 10.4. The number of hydrogen-bond acceptors (Lipinski definition) is 2. The smallest absolute Gasteiger partial charge is 0.00668 e. The van der Waals surface area contributed by atoms with Crippen molar-refractivity contribution < 1.29 is 0 Å². The highest BCUT2D eigenvalue weighted by Crippen LogP contribution is 2.26. The molecule has 2 rings (SSSR count). The lowest BCUT2D eigenvalue weighted by atomic mass is 9.92. The minimum absolute atomic E-state index is 0.760. The first kappa shape index (κ1) is 11.2. The third-order valence-electron chi connectivity index (χ3n) is 3.55. The summed E-state index contributed by atoms with van der Waals surface area (Å²) < 4.78 is 0. The van der Waals surface area contributed by atoms with Crippen molar-refractivity contribution in [1.82, 2.24) is 5.32 Å². The van der Waals surface area contributed by atoms with E-state index in [4.69, 9.17) is 0 Å². The Balaban J connectivity index is 1.90. The molecule has 2 unspecified atom stereocenters. The molecule has 0 aliphatic heterocycles. The Morgan fingerprint density at radius 3 is 3.00 bits per heavy atom. The minimum Gasteiger partial charge on any atom is -0.317 e. The molecule has 1 nitrogen and oxygen atoms in total. The number of nitrogens with one attached hydrogen (secondary N) is 1. The molecule has 2 atom stereocenters. The average Bonchev–Trinajstić information content (AvgIpc) is 2.64. The summed E-state index contributed by atoms with van der Waals surface area (Å²) in [6, 6.07) is 3.04. The standard InChI is InChI=1S/C13H21NS/c1-14-13-5-3-2-4-11(9-13)8-12-6-7-15-10-12/h6-7,10-11,13-14H,2-5,8-9H2,1H3. The van der Waals surface area contributed by atoms with Crippen molar-refractivity contribution in [2.45, 2.75) is 44.6 Å². The lowest BCUT2D eigenvalue weighted by Gasteiger charge is -2.19. The molecule has 0 saturated heterocycles. The van der Waals surface area contributed by atoms with Gasteiger partial charge in [0.2, 0.25) is 0 Å². The van der Waals surface area contributed by atoms with Crippen molar-refractivity contribution in [1.29, 1.82) is 0 Å². The predicted molar refractivity (Wildman–Crippen MR) is 67.4 cm³/mol. The van der Waals surface area contributed by atoms with Gasteiger partial charge in [0.05, 0.1) is 0 Å². The van der Waals surface area contributed by atoms with Gasteiger partial charge < -0.3 is 5.32 Å². The molecule has 0 bridgehead atoms. The van der Waals surface area contributed by atoms with Crippen molar-refractivity contribution in [2.24, 2.45) is 5.92 Å². The Labute approximate surface area is 96.9 Å². The molecule has 0 amide bonds. The molecule has 1 aliphatic carbocycles. The van der Waals surface area contributed by atoms with Crippen molar-refractivity contribution >= 4 is 11.3 Å². The molecular weight excluding hydrogens is 202 g/mol. The third-order valence-corrected chi connectivity index (χ3v) is 4.28. The predicted octanol–water partition coefficient (Wildman–Crippen LogP) is 3.46. The fourth-order valence-electron chi connectivity index (χ4n) is 2.65. The highest BCUT2D eigenvalue weighted by Gasteiger charge is 2.19. The summed E-state index contributed by atoms with van der Waals surface area (Å²) >= 11 is 1.82. The van der Waals surface area contributed by atoms with E-state index in [-0.39, 0.29) is 0 Å². The van der Waals surface area contributed by atoms with Gasteiger partial charge in [-0.2, -0.15) is 11.3 Å². The SMILES string of the molecule is CNC1CCCCC(Cc2ccsc2)C1. The zero-order chi connectivity index (χ0) is 10.5. The third kappa shape index (κ3) is 3.32. The second-order valence-electron chi connectivity index (χ2n) is 4.71. The summed E-state index contributed by atoms with van der Waals surface area (Å²) in [5.74, 6) is 0.902. The molecule has 1 saturated carbocycles. The molecule has 1 fully saturated rings. The van der Waals surface area contributed by atoms with Crippen LogP contribution in [-0.2, 0) is 6.42 Å². The molecule has 1 N–H and O–H groups in total. The highest BCUT2D eigenvalue weighted by molar-refractivity contribution is 7.07.